The van der Waals surface area contributed by atoms with Gasteiger partial charge in [0.05, 0.1) is 6.42 Å². The predicted molar refractivity (Wildman–Crippen MR) is 117 cm³/mol. The molecule has 0 aromatic heterocycles. The van der Waals surface area contributed by atoms with E-state index in [9.17, 15) is 14.4 Å². The number of amides is 1. The maximum Gasteiger partial charge on any atom is 0.306 e. The number of thioether (sulfide) groups is 1. The lowest BCUT2D eigenvalue weighted by atomic mass is 9.98. The molecule has 0 saturated carbocycles. The second-order valence-corrected chi connectivity index (χ2v) is 7.93. The Morgan fingerprint density at radius 1 is 1.03 bits per heavy atom. The van der Waals surface area contributed by atoms with Crippen molar-refractivity contribution in [1.82, 2.24) is 0 Å². The van der Waals surface area contributed by atoms with Crippen molar-refractivity contribution in [3.8, 4) is 0 Å². The molecule has 0 atom stereocenters. The number of rotatable bonds is 9. The SMILES string of the molecule is CSc1ccc(C(=O)CCC(=O)OCC(=O)Nc2c(C)cccc2C(C)C)cc1. The Labute approximate surface area is 176 Å². The van der Waals surface area contributed by atoms with Gasteiger partial charge in [-0.3, -0.25) is 14.4 Å². The van der Waals surface area contributed by atoms with Crippen molar-refractivity contribution < 1.29 is 19.1 Å². The molecule has 0 bridgehead atoms. The highest BCUT2D eigenvalue weighted by molar-refractivity contribution is 7.98. The van der Waals surface area contributed by atoms with E-state index in [1.807, 2.05) is 43.5 Å². The molecule has 5 nitrogen and oxygen atoms in total. The molecule has 0 aliphatic carbocycles. The zero-order valence-corrected chi connectivity index (χ0v) is 18.1. The Hall–Kier alpha value is -2.60. The Kier molecular flexibility index (Phi) is 8.46. The summed E-state index contributed by atoms with van der Waals surface area (Å²) in [5.41, 5.74) is 3.30. The van der Waals surface area contributed by atoms with Crippen molar-refractivity contribution in [3.05, 3.63) is 59.2 Å². The molecule has 2 aromatic carbocycles. The summed E-state index contributed by atoms with van der Waals surface area (Å²) in [6.07, 6.45) is 1.96. The van der Waals surface area contributed by atoms with Gasteiger partial charge < -0.3 is 10.1 Å². The van der Waals surface area contributed by atoms with Crippen LogP contribution in [0, 0.1) is 6.92 Å². The number of esters is 1. The first-order valence-corrected chi connectivity index (χ1v) is 10.8. The van der Waals surface area contributed by atoms with Gasteiger partial charge in [0, 0.05) is 22.6 Å². The van der Waals surface area contributed by atoms with E-state index >= 15 is 0 Å². The molecule has 0 fully saturated rings. The third-order valence-electron chi connectivity index (χ3n) is 4.52. The van der Waals surface area contributed by atoms with Crippen LogP contribution in [0.1, 0.15) is 54.1 Å². The molecule has 6 heteroatoms. The van der Waals surface area contributed by atoms with Crippen molar-refractivity contribution in [2.24, 2.45) is 0 Å². The molecule has 0 unspecified atom stereocenters. The van der Waals surface area contributed by atoms with E-state index in [1.54, 1.807) is 23.9 Å². The van der Waals surface area contributed by atoms with Gasteiger partial charge in [0.15, 0.2) is 12.4 Å². The minimum atomic E-state index is -0.567. The topological polar surface area (TPSA) is 72.5 Å². The largest absolute Gasteiger partial charge is 0.456 e. The fraction of sp³-hybridized carbons (Fsp3) is 0.348. The first-order chi connectivity index (χ1) is 13.8. The zero-order valence-electron chi connectivity index (χ0n) is 17.3. The molecule has 2 rings (SSSR count). The number of benzene rings is 2. The predicted octanol–water partition coefficient (Wildman–Crippen LogP) is 4.99. The van der Waals surface area contributed by atoms with E-state index in [4.69, 9.17) is 4.74 Å². The molecule has 0 saturated heterocycles. The number of Topliss-reactive ketones (excluding diaryl/α,β-unsaturated/α-hetero) is 1. The summed E-state index contributed by atoms with van der Waals surface area (Å²) in [7, 11) is 0. The standard InChI is InChI=1S/C23H27NO4S/c1-15(2)19-7-5-6-16(3)23(19)24-21(26)14-28-22(27)13-12-20(25)17-8-10-18(29-4)11-9-17/h5-11,15H,12-14H2,1-4H3,(H,24,26). The van der Waals surface area contributed by atoms with Gasteiger partial charge in [-0.15, -0.1) is 11.8 Å². The fourth-order valence-electron chi connectivity index (χ4n) is 2.87. The first-order valence-electron chi connectivity index (χ1n) is 9.54. The van der Waals surface area contributed by atoms with Crippen LogP contribution in [0.25, 0.3) is 0 Å². The van der Waals surface area contributed by atoms with Gasteiger partial charge >= 0.3 is 5.97 Å². The average Bonchev–Trinajstić information content (AvgIpc) is 2.71. The van der Waals surface area contributed by atoms with Crippen LogP contribution in [-0.2, 0) is 14.3 Å². The van der Waals surface area contributed by atoms with Crippen LogP contribution in [-0.4, -0.2) is 30.5 Å². The summed E-state index contributed by atoms with van der Waals surface area (Å²) < 4.78 is 5.03. The van der Waals surface area contributed by atoms with E-state index in [1.165, 1.54) is 0 Å². The van der Waals surface area contributed by atoms with Gasteiger partial charge in [0.1, 0.15) is 0 Å². The van der Waals surface area contributed by atoms with Crippen molar-refractivity contribution in [1.29, 1.82) is 0 Å². The average molecular weight is 414 g/mol. The second kappa shape index (κ2) is 10.8. The van der Waals surface area contributed by atoms with Crippen molar-refractivity contribution in [3.63, 3.8) is 0 Å². The lowest BCUT2D eigenvalue weighted by Crippen LogP contribution is -2.22. The highest BCUT2D eigenvalue weighted by Crippen LogP contribution is 2.27. The van der Waals surface area contributed by atoms with Crippen molar-refractivity contribution in [2.75, 3.05) is 18.2 Å². The Morgan fingerprint density at radius 2 is 1.72 bits per heavy atom. The van der Waals surface area contributed by atoms with Crippen LogP contribution in [0.15, 0.2) is 47.4 Å². The normalized spacial score (nSPS) is 10.7. The summed E-state index contributed by atoms with van der Waals surface area (Å²) in [5.74, 6) is -0.832. The minimum Gasteiger partial charge on any atom is -0.456 e. The Balaban J connectivity index is 1.82. The summed E-state index contributed by atoms with van der Waals surface area (Å²) in [5, 5.41) is 2.83. The van der Waals surface area contributed by atoms with Crippen LogP contribution in [0.2, 0.25) is 0 Å². The molecule has 0 spiro atoms. The molecule has 154 valence electrons. The van der Waals surface area contributed by atoms with E-state index in [2.05, 4.69) is 19.2 Å². The summed E-state index contributed by atoms with van der Waals surface area (Å²) >= 11 is 1.60. The Morgan fingerprint density at radius 3 is 2.34 bits per heavy atom. The molecular formula is C23H27NO4S. The molecular weight excluding hydrogens is 386 g/mol. The number of para-hydroxylation sites is 1. The number of hydrogen-bond acceptors (Lipinski definition) is 5. The van der Waals surface area contributed by atoms with E-state index < -0.39 is 11.9 Å². The maximum atomic E-state index is 12.2. The molecule has 2 aromatic rings. The highest BCUT2D eigenvalue weighted by atomic mass is 32.2. The molecule has 0 heterocycles. The van der Waals surface area contributed by atoms with Crippen LogP contribution in [0.4, 0.5) is 5.69 Å². The number of nitrogens with one attached hydrogen (secondary N) is 1. The number of hydrogen-bond donors (Lipinski definition) is 1. The molecule has 0 aliphatic heterocycles. The number of ether oxygens (including phenoxy) is 1. The van der Waals surface area contributed by atoms with E-state index in [0.29, 0.717) is 5.56 Å². The minimum absolute atomic E-state index is 0.0500. The van der Waals surface area contributed by atoms with Gasteiger partial charge in [-0.25, -0.2) is 0 Å². The third kappa shape index (κ3) is 6.75. The number of anilines is 1. The summed E-state index contributed by atoms with van der Waals surface area (Å²) in [6.45, 7) is 5.65. The van der Waals surface area contributed by atoms with E-state index in [0.717, 1.165) is 21.7 Å². The third-order valence-corrected chi connectivity index (χ3v) is 5.27. The van der Waals surface area contributed by atoms with Crippen molar-refractivity contribution in [2.45, 2.75) is 44.4 Å². The molecule has 0 radical (unpaired) electrons. The van der Waals surface area contributed by atoms with Crippen LogP contribution >= 0.6 is 11.8 Å². The number of ketones is 1. The first kappa shape index (κ1) is 22.7. The van der Waals surface area contributed by atoms with Gasteiger partial charge in [-0.1, -0.05) is 44.2 Å². The molecule has 1 amide bonds. The number of carbonyl (C=O) groups excluding carboxylic acids is 3. The summed E-state index contributed by atoms with van der Waals surface area (Å²) in [6, 6.07) is 13.1. The smallest absolute Gasteiger partial charge is 0.306 e. The summed E-state index contributed by atoms with van der Waals surface area (Å²) in [4.78, 5) is 37.4. The van der Waals surface area contributed by atoms with Gasteiger partial charge in [0.25, 0.3) is 5.91 Å². The number of carbonyl (C=O) groups is 3. The van der Waals surface area contributed by atoms with E-state index in [-0.39, 0.29) is 31.1 Å². The van der Waals surface area contributed by atoms with Gasteiger partial charge in [-0.05, 0) is 42.4 Å². The van der Waals surface area contributed by atoms with Gasteiger partial charge in [0.2, 0.25) is 0 Å². The molecule has 1 N–H and O–H groups in total. The lowest BCUT2D eigenvalue weighted by molar-refractivity contribution is -0.147. The van der Waals surface area contributed by atoms with Crippen LogP contribution in [0.3, 0.4) is 0 Å². The zero-order chi connectivity index (χ0) is 21.4. The lowest BCUT2D eigenvalue weighted by Gasteiger charge is -2.16. The van der Waals surface area contributed by atoms with Crippen LogP contribution < -0.4 is 5.32 Å². The monoisotopic (exact) mass is 413 g/mol. The molecule has 0 aliphatic rings. The number of aryl methyl sites for hydroxylation is 1. The quantitative estimate of drug-likeness (QED) is 0.356. The second-order valence-electron chi connectivity index (χ2n) is 7.05. The Bertz CT molecular complexity index is 875. The maximum absolute atomic E-state index is 12.2. The van der Waals surface area contributed by atoms with Gasteiger partial charge in [-0.2, -0.15) is 0 Å². The van der Waals surface area contributed by atoms with Crippen molar-refractivity contribution >= 4 is 35.1 Å². The fourth-order valence-corrected chi connectivity index (χ4v) is 3.28. The highest BCUT2D eigenvalue weighted by Gasteiger charge is 2.15. The van der Waals surface area contributed by atoms with Crippen LogP contribution in [0.5, 0.6) is 0 Å². The molecule has 29 heavy (non-hydrogen) atoms.